The number of nitrogens with one attached hydrogen (secondary N) is 1. The highest BCUT2D eigenvalue weighted by Crippen LogP contribution is 2.20. The van der Waals surface area contributed by atoms with Crippen LogP contribution in [-0.4, -0.2) is 38.1 Å². The van der Waals surface area contributed by atoms with Crippen molar-refractivity contribution < 1.29 is 13.9 Å². The summed E-state index contributed by atoms with van der Waals surface area (Å²) in [5, 5.41) is 2.96. The Morgan fingerprint density at radius 1 is 1.26 bits per heavy atom. The van der Waals surface area contributed by atoms with Crippen LogP contribution in [-0.2, 0) is 0 Å². The smallest absolute Gasteiger partial charge is 0.255 e. The molecular formula is C18H24N2O3. The number of benzene rings is 1. The number of furan rings is 1. The maximum Gasteiger partial charge on any atom is 0.255 e. The molecule has 5 nitrogen and oxygen atoms in total. The fourth-order valence-corrected chi connectivity index (χ4v) is 2.30. The quantitative estimate of drug-likeness (QED) is 0.813. The molecule has 23 heavy (non-hydrogen) atoms. The lowest BCUT2D eigenvalue weighted by molar-refractivity contribution is 0.0935. The Balaban J connectivity index is 2.04. The van der Waals surface area contributed by atoms with E-state index in [-0.39, 0.29) is 11.9 Å². The predicted octanol–water partition coefficient (Wildman–Crippen LogP) is 3.10. The molecule has 1 N–H and O–H groups in total. The number of para-hydroxylation sites is 1. The number of carbonyl (C=O) groups is 1. The molecule has 0 radical (unpaired) electrons. The van der Waals surface area contributed by atoms with Gasteiger partial charge in [0.05, 0.1) is 24.5 Å². The third-order valence-electron chi connectivity index (χ3n) is 3.54. The lowest BCUT2D eigenvalue weighted by Crippen LogP contribution is -2.34. The van der Waals surface area contributed by atoms with E-state index in [9.17, 15) is 4.79 Å². The fraction of sp³-hybridized carbons (Fsp3) is 0.389. The first-order chi connectivity index (χ1) is 11.1. The van der Waals surface area contributed by atoms with E-state index in [1.54, 1.807) is 12.3 Å². The number of nitrogens with zero attached hydrogens (tertiary/aromatic N) is 1. The third-order valence-corrected chi connectivity index (χ3v) is 3.54. The number of hydrogen-bond donors (Lipinski definition) is 1. The first kappa shape index (κ1) is 17.1. The van der Waals surface area contributed by atoms with Crippen LogP contribution in [0.2, 0.25) is 0 Å². The Morgan fingerprint density at radius 3 is 2.70 bits per heavy atom. The molecule has 0 spiro atoms. The van der Waals surface area contributed by atoms with Gasteiger partial charge in [-0.25, -0.2) is 0 Å². The zero-order valence-corrected chi connectivity index (χ0v) is 13.9. The summed E-state index contributed by atoms with van der Waals surface area (Å²) in [5.74, 6) is 1.30. The van der Waals surface area contributed by atoms with Gasteiger partial charge in [0.15, 0.2) is 0 Å². The van der Waals surface area contributed by atoms with Gasteiger partial charge in [0.25, 0.3) is 5.91 Å². The van der Waals surface area contributed by atoms with E-state index >= 15 is 0 Å². The molecule has 0 bridgehead atoms. The number of hydrogen-bond acceptors (Lipinski definition) is 4. The highest BCUT2D eigenvalue weighted by atomic mass is 16.5. The van der Waals surface area contributed by atoms with Crippen molar-refractivity contribution >= 4 is 5.91 Å². The SMILES string of the molecule is CCCOc1ccccc1C(=O)NC[C@@H](c1ccco1)N(C)C. The van der Waals surface area contributed by atoms with Gasteiger partial charge in [-0.1, -0.05) is 19.1 Å². The zero-order chi connectivity index (χ0) is 16.7. The van der Waals surface area contributed by atoms with Crippen LogP contribution in [0.5, 0.6) is 5.75 Å². The summed E-state index contributed by atoms with van der Waals surface area (Å²) < 4.78 is 11.1. The Labute approximate surface area is 137 Å². The Hall–Kier alpha value is -2.27. The molecule has 5 heteroatoms. The van der Waals surface area contributed by atoms with Crippen LogP contribution >= 0.6 is 0 Å². The normalized spacial score (nSPS) is 12.2. The molecule has 0 saturated heterocycles. The van der Waals surface area contributed by atoms with Crippen molar-refractivity contribution in [2.75, 3.05) is 27.2 Å². The molecule has 0 aliphatic heterocycles. The summed E-state index contributed by atoms with van der Waals surface area (Å²) in [4.78, 5) is 14.5. The van der Waals surface area contributed by atoms with Gasteiger partial charge in [-0.15, -0.1) is 0 Å². The highest BCUT2D eigenvalue weighted by Gasteiger charge is 2.19. The van der Waals surface area contributed by atoms with E-state index in [1.807, 2.05) is 56.3 Å². The molecule has 1 aromatic heterocycles. The number of rotatable bonds is 8. The standard InChI is InChI=1S/C18H24N2O3/c1-4-11-22-16-9-6-5-8-14(16)18(21)19-13-15(20(2)3)17-10-7-12-23-17/h5-10,12,15H,4,11,13H2,1-3H3,(H,19,21)/t15-/m0/s1. The molecule has 124 valence electrons. The van der Waals surface area contributed by atoms with Crippen molar-refractivity contribution in [2.24, 2.45) is 0 Å². The minimum atomic E-state index is -0.143. The predicted molar refractivity (Wildman–Crippen MR) is 89.7 cm³/mol. The molecule has 0 fully saturated rings. The number of carbonyl (C=O) groups excluding carboxylic acids is 1. The van der Waals surface area contributed by atoms with Crippen LogP contribution in [0.1, 0.15) is 35.5 Å². The molecule has 1 atom stereocenters. The molecule has 2 aromatic rings. The van der Waals surface area contributed by atoms with Crippen molar-refractivity contribution in [2.45, 2.75) is 19.4 Å². The lowest BCUT2D eigenvalue weighted by atomic mass is 10.1. The topological polar surface area (TPSA) is 54.7 Å². The summed E-state index contributed by atoms with van der Waals surface area (Å²) in [6.45, 7) is 3.09. The number of ether oxygens (including phenoxy) is 1. The van der Waals surface area contributed by atoms with Crippen molar-refractivity contribution in [1.29, 1.82) is 0 Å². The maximum atomic E-state index is 12.5. The summed E-state index contributed by atoms with van der Waals surface area (Å²) in [6, 6.07) is 11.0. The van der Waals surface area contributed by atoms with Crippen molar-refractivity contribution in [1.82, 2.24) is 10.2 Å². The summed E-state index contributed by atoms with van der Waals surface area (Å²) in [6.07, 6.45) is 2.54. The zero-order valence-electron chi connectivity index (χ0n) is 13.9. The van der Waals surface area contributed by atoms with Crippen LogP contribution in [0.3, 0.4) is 0 Å². The second-order valence-electron chi connectivity index (χ2n) is 5.55. The molecule has 2 rings (SSSR count). The molecule has 0 saturated carbocycles. The van der Waals surface area contributed by atoms with Gasteiger partial charge in [0.1, 0.15) is 11.5 Å². The van der Waals surface area contributed by atoms with Gasteiger partial charge in [-0.3, -0.25) is 9.69 Å². The Bertz CT molecular complexity index is 608. The highest BCUT2D eigenvalue weighted by molar-refractivity contribution is 5.96. The van der Waals surface area contributed by atoms with E-state index in [0.29, 0.717) is 24.5 Å². The van der Waals surface area contributed by atoms with Crippen molar-refractivity contribution in [3.8, 4) is 5.75 Å². The molecule has 0 aliphatic carbocycles. The molecule has 1 aromatic carbocycles. The minimum Gasteiger partial charge on any atom is -0.493 e. The van der Waals surface area contributed by atoms with Gasteiger partial charge in [-0.05, 0) is 44.8 Å². The van der Waals surface area contributed by atoms with E-state index < -0.39 is 0 Å². The molecule has 0 unspecified atom stereocenters. The molecule has 1 heterocycles. The van der Waals surface area contributed by atoms with Crippen LogP contribution in [0.25, 0.3) is 0 Å². The second kappa shape index (κ2) is 8.39. The van der Waals surface area contributed by atoms with Crippen molar-refractivity contribution in [3.63, 3.8) is 0 Å². The van der Waals surface area contributed by atoms with Gasteiger partial charge in [0, 0.05) is 6.54 Å². The van der Waals surface area contributed by atoms with E-state index in [1.165, 1.54) is 0 Å². The Morgan fingerprint density at radius 2 is 2.04 bits per heavy atom. The van der Waals surface area contributed by atoms with Gasteiger partial charge < -0.3 is 14.5 Å². The van der Waals surface area contributed by atoms with Gasteiger partial charge in [-0.2, -0.15) is 0 Å². The van der Waals surface area contributed by atoms with E-state index in [0.717, 1.165) is 12.2 Å². The molecule has 0 aliphatic rings. The Kier molecular flexibility index (Phi) is 6.23. The molecular weight excluding hydrogens is 292 g/mol. The minimum absolute atomic E-state index is 0.0160. The average Bonchev–Trinajstić information content (AvgIpc) is 3.07. The first-order valence-corrected chi connectivity index (χ1v) is 7.83. The summed E-state index contributed by atoms with van der Waals surface area (Å²) in [7, 11) is 3.91. The first-order valence-electron chi connectivity index (χ1n) is 7.83. The number of likely N-dealkylation sites (N-methyl/N-ethyl adjacent to an activating group) is 1. The summed E-state index contributed by atoms with van der Waals surface area (Å²) in [5.41, 5.74) is 0.554. The lowest BCUT2D eigenvalue weighted by Gasteiger charge is -2.22. The van der Waals surface area contributed by atoms with Gasteiger partial charge in [0.2, 0.25) is 0 Å². The maximum absolute atomic E-state index is 12.5. The van der Waals surface area contributed by atoms with Crippen LogP contribution in [0.4, 0.5) is 0 Å². The van der Waals surface area contributed by atoms with Crippen LogP contribution in [0, 0.1) is 0 Å². The van der Waals surface area contributed by atoms with E-state index in [2.05, 4.69) is 5.32 Å². The van der Waals surface area contributed by atoms with Crippen molar-refractivity contribution in [3.05, 3.63) is 54.0 Å². The largest absolute Gasteiger partial charge is 0.493 e. The van der Waals surface area contributed by atoms with Crippen LogP contribution < -0.4 is 10.1 Å². The molecule has 1 amide bonds. The monoisotopic (exact) mass is 316 g/mol. The third kappa shape index (κ3) is 4.60. The van der Waals surface area contributed by atoms with Crippen LogP contribution in [0.15, 0.2) is 47.1 Å². The average molecular weight is 316 g/mol. The van der Waals surface area contributed by atoms with E-state index in [4.69, 9.17) is 9.15 Å². The fourth-order valence-electron chi connectivity index (χ4n) is 2.30. The summed E-state index contributed by atoms with van der Waals surface area (Å²) >= 11 is 0. The second-order valence-corrected chi connectivity index (χ2v) is 5.55. The van der Waals surface area contributed by atoms with Gasteiger partial charge >= 0.3 is 0 Å². The number of amides is 1.